The summed E-state index contributed by atoms with van der Waals surface area (Å²) in [5.74, 6) is 3.10. The second-order valence-corrected chi connectivity index (χ2v) is 7.78. The van der Waals surface area contributed by atoms with E-state index in [2.05, 4.69) is 45.4 Å². The van der Waals surface area contributed by atoms with E-state index in [1.54, 1.807) is 0 Å². The van der Waals surface area contributed by atoms with Gasteiger partial charge in [0, 0.05) is 45.2 Å². The third-order valence-corrected chi connectivity index (χ3v) is 5.42. The molecule has 130 valence electrons. The molecule has 23 heavy (non-hydrogen) atoms. The van der Waals surface area contributed by atoms with E-state index in [-0.39, 0.29) is 24.0 Å². The Balaban J connectivity index is 0.00000264. The fraction of sp³-hybridized carbons (Fsp3) is 0.625. The predicted molar refractivity (Wildman–Crippen MR) is 112 cm³/mol. The summed E-state index contributed by atoms with van der Waals surface area (Å²) < 4.78 is 0.340. The molecular weight excluding hydrogens is 421 g/mol. The largest absolute Gasteiger partial charge is 0.363 e. The van der Waals surface area contributed by atoms with Crippen molar-refractivity contribution in [3.63, 3.8) is 0 Å². The highest BCUT2D eigenvalue weighted by molar-refractivity contribution is 14.0. The highest BCUT2D eigenvalue weighted by Gasteiger charge is 2.29. The first-order valence-corrected chi connectivity index (χ1v) is 8.72. The van der Waals surface area contributed by atoms with Gasteiger partial charge in [0.2, 0.25) is 0 Å². The highest BCUT2D eigenvalue weighted by Crippen LogP contribution is 2.36. The van der Waals surface area contributed by atoms with Gasteiger partial charge in [-0.05, 0) is 43.2 Å². The van der Waals surface area contributed by atoms with Gasteiger partial charge in [-0.2, -0.15) is 11.8 Å². The summed E-state index contributed by atoms with van der Waals surface area (Å²) in [5, 5.41) is 6.83. The molecule has 1 fully saturated rings. The van der Waals surface area contributed by atoms with Crippen LogP contribution in [0.5, 0.6) is 0 Å². The van der Waals surface area contributed by atoms with Gasteiger partial charge in [-0.25, -0.2) is 4.98 Å². The number of nitrogens with zero attached hydrogens (tertiary/aromatic N) is 3. The molecule has 2 heterocycles. The van der Waals surface area contributed by atoms with Crippen molar-refractivity contribution in [3.05, 3.63) is 23.9 Å². The fourth-order valence-corrected chi connectivity index (χ4v) is 3.71. The lowest BCUT2D eigenvalue weighted by Gasteiger charge is -2.24. The summed E-state index contributed by atoms with van der Waals surface area (Å²) in [6.45, 7) is 4.03. The molecule has 1 atom stereocenters. The number of rotatable bonds is 5. The summed E-state index contributed by atoms with van der Waals surface area (Å²) in [6.07, 6.45) is 4.44. The van der Waals surface area contributed by atoms with Crippen LogP contribution in [-0.4, -0.2) is 49.1 Å². The highest BCUT2D eigenvalue weighted by atomic mass is 127. The summed E-state index contributed by atoms with van der Waals surface area (Å²) in [5.41, 5.74) is 1.20. The average Bonchev–Trinajstić information content (AvgIpc) is 2.95. The summed E-state index contributed by atoms with van der Waals surface area (Å²) in [7, 11) is 5.82. The Kier molecular flexibility index (Phi) is 8.46. The van der Waals surface area contributed by atoms with Crippen molar-refractivity contribution in [3.8, 4) is 0 Å². The lowest BCUT2D eigenvalue weighted by Crippen LogP contribution is -2.43. The topological polar surface area (TPSA) is 52.6 Å². The van der Waals surface area contributed by atoms with Gasteiger partial charge in [0.05, 0.1) is 0 Å². The van der Waals surface area contributed by atoms with E-state index in [9.17, 15) is 0 Å². The van der Waals surface area contributed by atoms with Gasteiger partial charge in [0.15, 0.2) is 5.96 Å². The Hall–Kier alpha value is -0.700. The lowest BCUT2D eigenvalue weighted by atomic mass is 10.1. The quantitative estimate of drug-likeness (QED) is 0.412. The fourth-order valence-electron chi connectivity index (χ4n) is 2.47. The molecule has 0 aromatic carbocycles. The van der Waals surface area contributed by atoms with Crippen LogP contribution in [0.4, 0.5) is 5.82 Å². The van der Waals surface area contributed by atoms with Gasteiger partial charge >= 0.3 is 0 Å². The second-order valence-electron chi connectivity index (χ2n) is 6.10. The molecule has 0 spiro atoms. The number of thioether (sulfide) groups is 1. The van der Waals surface area contributed by atoms with Crippen molar-refractivity contribution in [2.45, 2.75) is 31.1 Å². The lowest BCUT2D eigenvalue weighted by molar-refractivity contribution is 0.584. The zero-order chi connectivity index (χ0) is 16.0. The van der Waals surface area contributed by atoms with E-state index in [1.807, 2.05) is 38.3 Å². The van der Waals surface area contributed by atoms with Crippen LogP contribution in [0.1, 0.15) is 25.3 Å². The van der Waals surface area contributed by atoms with Gasteiger partial charge in [0.1, 0.15) is 5.82 Å². The van der Waals surface area contributed by atoms with Gasteiger partial charge in [0.25, 0.3) is 0 Å². The Morgan fingerprint density at radius 2 is 2.22 bits per heavy atom. The van der Waals surface area contributed by atoms with E-state index >= 15 is 0 Å². The van der Waals surface area contributed by atoms with Crippen molar-refractivity contribution < 1.29 is 0 Å². The van der Waals surface area contributed by atoms with Crippen LogP contribution in [0, 0.1) is 0 Å². The van der Waals surface area contributed by atoms with Gasteiger partial charge in [-0.3, -0.25) is 4.99 Å². The molecule has 7 heteroatoms. The number of pyridine rings is 1. The Bertz CT molecular complexity index is 515. The van der Waals surface area contributed by atoms with E-state index in [0.717, 1.165) is 24.9 Å². The van der Waals surface area contributed by atoms with Gasteiger partial charge in [-0.15, -0.1) is 24.0 Å². The summed E-state index contributed by atoms with van der Waals surface area (Å²) in [6, 6.07) is 4.12. The maximum atomic E-state index is 4.33. The summed E-state index contributed by atoms with van der Waals surface area (Å²) >= 11 is 2.06. The molecule has 1 aliphatic rings. The Morgan fingerprint density at radius 1 is 1.43 bits per heavy atom. The number of hydrogen-bond acceptors (Lipinski definition) is 4. The van der Waals surface area contributed by atoms with E-state index in [1.165, 1.54) is 24.2 Å². The molecule has 1 aromatic heterocycles. The molecule has 1 aromatic rings. The normalized spacial score (nSPS) is 20.8. The Morgan fingerprint density at radius 3 is 2.83 bits per heavy atom. The van der Waals surface area contributed by atoms with Crippen LogP contribution in [0.2, 0.25) is 0 Å². The number of guanidine groups is 1. The first-order valence-electron chi connectivity index (χ1n) is 7.73. The molecular formula is C16H28IN5S. The summed E-state index contributed by atoms with van der Waals surface area (Å²) in [4.78, 5) is 10.7. The van der Waals surface area contributed by atoms with Crippen LogP contribution in [0.3, 0.4) is 0 Å². The van der Waals surface area contributed by atoms with Crippen molar-refractivity contribution >= 4 is 47.5 Å². The number of aliphatic imine (C=N–C) groups is 1. The monoisotopic (exact) mass is 449 g/mol. The average molecular weight is 449 g/mol. The zero-order valence-corrected chi connectivity index (χ0v) is 17.6. The number of anilines is 1. The van der Waals surface area contributed by atoms with Crippen LogP contribution in [0.25, 0.3) is 0 Å². The van der Waals surface area contributed by atoms with Gasteiger partial charge < -0.3 is 15.5 Å². The molecule has 0 amide bonds. The van der Waals surface area contributed by atoms with E-state index in [0.29, 0.717) is 4.75 Å². The Labute approximate surface area is 161 Å². The minimum atomic E-state index is 0. The van der Waals surface area contributed by atoms with Crippen molar-refractivity contribution in [2.24, 2.45) is 4.99 Å². The van der Waals surface area contributed by atoms with Crippen LogP contribution < -0.4 is 15.5 Å². The third kappa shape index (κ3) is 6.37. The molecule has 0 radical (unpaired) electrons. The number of nitrogens with one attached hydrogen (secondary N) is 2. The number of hydrogen-bond donors (Lipinski definition) is 2. The van der Waals surface area contributed by atoms with Crippen LogP contribution in [-0.2, 0) is 6.54 Å². The zero-order valence-electron chi connectivity index (χ0n) is 14.4. The molecule has 1 aliphatic heterocycles. The smallest absolute Gasteiger partial charge is 0.191 e. The molecule has 0 aliphatic carbocycles. The van der Waals surface area contributed by atoms with Crippen molar-refractivity contribution in [1.29, 1.82) is 0 Å². The maximum Gasteiger partial charge on any atom is 0.191 e. The SMILES string of the molecule is CN=C(NCc1ccnc(N(C)C)c1)NCC1(C)CCCS1.I. The minimum Gasteiger partial charge on any atom is -0.363 e. The number of halogens is 1. The first kappa shape index (κ1) is 20.3. The van der Waals surface area contributed by atoms with Crippen LogP contribution >= 0.6 is 35.7 Å². The van der Waals surface area contributed by atoms with E-state index < -0.39 is 0 Å². The predicted octanol–water partition coefficient (Wildman–Crippen LogP) is 2.72. The second kappa shape index (κ2) is 9.56. The minimum absolute atomic E-state index is 0. The van der Waals surface area contributed by atoms with Crippen LogP contribution in [0.15, 0.2) is 23.3 Å². The van der Waals surface area contributed by atoms with Gasteiger partial charge in [-0.1, -0.05) is 0 Å². The molecule has 1 unspecified atom stereocenters. The standard InChI is InChI=1S/C16H27N5S.HI/c1-16(7-5-9-22-16)12-20-15(17-2)19-11-13-6-8-18-14(10-13)21(3)4;/h6,8,10H,5,7,9,11-12H2,1-4H3,(H2,17,19,20);1H. The number of aromatic nitrogens is 1. The third-order valence-electron chi connectivity index (χ3n) is 3.88. The first-order chi connectivity index (χ1) is 10.5. The van der Waals surface area contributed by atoms with Crippen molar-refractivity contribution in [1.82, 2.24) is 15.6 Å². The van der Waals surface area contributed by atoms with E-state index in [4.69, 9.17) is 0 Å². The van der Waals surface area contributed by atoms with Crippen molar-refractivity contribution in [2.75, 3.05) is 38.3 Å². The molecule has 2 rings (SSSR count). The molecule has 1 saturated heterocycles. The molecule has 0 bridgehead atoms. The molecule has 2 N–H and O–H groups in total. The molecule has 0 saturated carbocycles. The maximum absolute atomic E-state index is 4.33. The molecule has 5 nitrogen and oxygen atoms in total.